The monoisotopic (exact) mass is 229 g/mol. The first-order valence-electron chi connectivity index (χ1n) is 5.05. The van der Waals surface area contributed by atoms with Crippen molar-refractivity contribution in [2.24, 2.45) is 0 Å². The third kappa shape index (κ3) is 2.43. The van der Waals surface area contributed by atoms with Crippen LogP contribution >= 0.6 is 0 Å². The zero-order chi connectivity index (χ0) is 12.3. The largest absolute Gasteiger partial charge is 0.506 e. The Bertz CT molecular complexity index is 529. The minimum absolute atomic E-state index is 0.0605. The van der Waals surface area contributed by atoms with E-state index in [1.54, 1.807) is 36.4 Å². The molecule has 1 aliphatic rings. The van der Waals surface area contributed by atoms with Crippen LogP contribution in [0.15, 0.2) is 60.3 Å². The summed E-state index contributed by atoms with van der Waals surface area (Å²) in [4.78, 5) is 11.4. The lowest BCUT2D eigenvalue weighted by molar-refractivity contribution is -0.111. The van der Waals surface area contributed by atoms with E-state index in [1.165, 1.54) is 18.3 Å². The summed E-state index contributed by atoms with van der Waals surface area (Å²) >= 11 is 0. The van der Waals surface area contributed by atoms with Crippen LogP contribution < -0.4 is 5.06 Å². The normalized spacial score (nSPS) is 16.5. The van der Waals surface area contributed by atoms with E-state index in [9.17, 15) is 15.1 Å². The Morgan fingerprint density at radius 3 is 2.53 bits per heavy atom. The van der Waals surface area contributed by atoms with Crippen molar-refractivity contribution in [1.82, 2.24) is 0 Å². The molecule has 0 heterocycles. The molecule has 1 aliphatic carbocycles. The van der Waals surface area contributed by atoms with Gasteiger partial charge in [0.05, 0.1) is 0 Å². The minimum atomic E-state index is -0.193. The maximum Gasteiger partial charge on any atom is 0.187 e. The zero-order valence-corrected chi connectivity index (χ0v) is 8.95. The van der Waals surface area contributed by atoms with Crippen LogP contribution in [0.1, 0.15) is 0 Å². The molecule has 2 rings (SSSR count). The fraction of sp³-hybridized carbons (Fsp3) is 0. The molecule has 86 valence electrons. The number of benzene rings is 1. The molecule has 0 aromatic heterocycles. The Morgan fingerprint density at radius 2 is 1.82 bits per heavy atom. The molecule has 0 spiro atoms. The third-order valence-corrected chi connectivity index (χ3v) is 2.31. The van der Waals surface area contributed by atoms with E-state index in [1.807, 2.05) is 0 Å². The maximum atomic E-state index is 11.4. The van der Waals surface area contributed by atoms with Gasteiger partial charge in [0.1, 0.15) is 11.4 Å². The molecular formula is C13H11NO3. The van der Waals surface area contributed by atoms with Crippen LogP contribution in [0.4, 0.5) is 5.69 Å². The molecule has 0 amide bonds. The average Bonchev–Trinajstić information content (AvgIpc) is 2.32. The van der Waals surface area contributed by atoms with Gasteiger partial charge < -0.3 is 5.11 Å². The molecule has 0 unspecified atom stereocenters. The highest BCUT2D eigenvalue weighted by Crippen LogP contribution is 2.26. The second kappa shape index (κ2) is 4.67. The van der Waals surface area contributed by atoms with Crippen molar-refractivity contribution in [3.8, 4) is 5.75 Å². The highest BCUT2D eigenvalue weighted by Gasteiger charge is 2.10. The standard InChI is InChI=1S/C13H11NO3/c15-12-7-3-1-5-10(12)9-14(17)11-6-2-4-8-13(11)16/h1-9,16-17H. The number of anilines is 1. The van der Waals surface area contributed by atoms with E-state index in [2.05, 4.69) is 0 Å². The molecule has 0 bridgehead atoms. The Hall–Kier alpha value is -2.33. The smallest absolute Gasteiger partial charge is 0.187 e. The topological polar surface area (TPSA) is 60.8 Å². The van der Waals surface area contributed by atoms with E-state index >= 15 is 0 Å². The Balaban J connectivity index is 2.28. The summed E-state index contributed by atoms with van der Waals surface area (Å²) in [5.41, 5.74) is 0.564. The number of carbonyl (C=O) groups excluding carboxylic acids is 1. The molecule has 1 aromatic rings. The van der Waals surface area contributed by atoms with Gasteiger partial charge in [-0.3, -0.25) is 10.0 Å². The second-order valence-electron chi connectivity index (χ2n) is 3.50. The van der Waals surface area contributed by atoms with E-state index < -0.39 is 0 Å². The number of allylic oxidation sites excluding steroid dienone is 5. The van der Waals surface area contributed by atoms with Gasteiger partial charge in [0.25, 0.3) is 0 Å². The molecule has 0 atom stereocenters. The Kier molecular flexibility index (Phi) is 3.07. The molecule has 2 N–H and O–H groups in total. The molecule has 4 heteroatoms. The van der Waals surface area contributed by atoms with Crippen molar-refractivity contribution in [2.75, 3.05) is 5.06 Å². The van der Waals surface area contributed by atoms with Gasteiger partial charge in [-0.15, -0.1) is 0 Å². The molecule has 1 aromatic carbocycles. The SMILES string of the molecule is O=C1C=CC=CC1=CN(O)c1ccccc1O. The van der Waals surface area contributed by atoms with Crippen molar-refractivity contribution in [3.05, 3.63) is 60.3 Å². The van der Waals surface area contributed by atoms with Crippen LogP contribution in [-0.2, 0) is 4.79 Å². The van der Waals surface area contributed by atoms with Gasteiger partial charge in [0.15, 0.2) is 5.78 Å². The predicted octanol–water partition coefficient (Wildman–Crippen LogP) is 2.17. The lowest BCUT2D eigenvalue weighted by atomic mass is 10.1. The van der Waals surface area contributed by atoms with Crippen LogP contribution in [0.25, 0.3) is 0 Å². The number of rotatable bonds is 2. The van der Waals surface area contributed by atoms with Crippen LogP contribution in [-0.4, -0.2) is 16.1 Å². The number of nitrogens with zero attached hydrogens (tertiary/aromatic N) is 1. The van der Waals surface area contributed by atoms with E-state index in [-0.39, 0.29) is 17.2 Å². The van der Waals surface area contributed by atoms with E-state index in [4.69, 9.17) is 0 Å². The van der Waals surface area contributed by atoms with Gasteiger partial charge in [0.2, 0.25) is 0 Å². The van der Waals surface area contributed by atoms with Gasteiger partial charge in [0, 0.05) is 11.8 Å². The van der Waals surface area contributed by atoms with Gasteiger partial charge in [-0.2, -0.15) is 0 Å². The number of phenols is 1. The van der Waals surface area contributed by atoms with Crippen molar-refractivity contribution in [3.63, 3.8) is 0 Å². The first-order valence-corrected chi connectivity index (χ1v) is 5.05. The summed E-state index contributed by atoms with van der Waals surface area (Å²) in [6.07, 6.45) is 7.58. The summed E-state index contributed by atoms with van der Waals surface area (Å²) in [6.45, 7) is 0. The Morgan fingerprint density at radius 1 is 1.12 bits per heavy atom. The van der Waals surface area contributed by atoms with E-state index in [0.717, 1.165) is 5.06 Å². The van der Waals surface area contributed by atoms with E-state index in [0.29, 0.717) is 5.57 Å². The van der Waals surface area contributed by atoms with Gasteiger partial charge in [-0.1, -0.05) is 24.3 Å². The first-order chi connectivity index (χ1) is 8.18. The first kappa shape index (κ1) is 11.2. The van der Waals surface area contributed by atoms with Crippen molar-refractivity contribution in [2.45, 2.75) is 0 Å². The molecule has 17 heavy (non-hydrogen) atoms. The molecule has 4 nitrogen and oxygen atoms in total. The number of hydrogen-bond acceptors (Lipinski definition) is 4. The summed E-state index contributed by atoms with van der Waals surface area (Å²) in [6, 6.07) is 6.32. The lowest BCUT2D eigenvalue weighted by Crippen LogP contribution is -2.13. The number of ketones is 1. The number of aromatic hydroxyl groups is 1. The van der Waals surface area contributed by atoms with Gasteiger partial charge >= 0.3 is 0 Å². The highest BCUT2D eigenvalue weighted by molar-refractivity contribution is 6.07. The number of para-hydroxylation sites is 2. The fourth-order valence-corrected chi connectivity index (χ4v) is 1.45. The van der Waals surface area contributed by atoms with Crippen LogP contribution in [0.2, 0.25) is 0 Å². The lowest BCUT2D eigenvalue weighted by Gasteiger charge is -2.14. The van der Waals surface area contributed by atoms with Crippen LogP contribution in [0.3, 0.4) is 0 Å². The number of hydroxylamine groups is 1. The third-order valence-electron chi connectivity index (χ3n) is 2.31. The summed E-state index contributed by atoms with van der Waals surface area (Å²) < 4.78 is 0. The van der Waals surface area contributed by atoms with Gasteiger partial charge in [-0.25, -0.2) is 5.06 Å². The quantitative estimate of drug-likeness (QED) is 0.602. The maximum absolute atomic E-state index is 11.4. The van der Waals surface area contributed by atoms with Crippen LogP contribution in [0, 0.1) is 0 Å². The fourth-order valence-electron chi connectivity index (χ4n) is 1.45. The predicted molar refractivity (Wildman–Crippen MR) is 63.7 cm³/mol. The van der Waals surface area contributed by atoms with Crippen molar-refractivity contribution in [1.29, 1.82) is 0 Å². The number of carbonyl (C=O) groups is 1. The van der Waals surface area contributed by atoms with Gasteiger partial charge in [-0.05, 0) is 24.3 Å². The molecule has 0 saturated heterocycles. The highest BCUT2D eigenvalue weighted by atomic mass is 16.5. The molecule has 0 fully saturated rings. The Labute approximate surface area is 98.4 Å². The van der Waals surface area contributed by atoms with Crippen molar-refractivity contribution < 1.29 is 15.1 Å². The average molecular weight is 229 g/mol. The zero-order valence-electron chi connectivity index (χ0n) is 8.95. The number of hydrogen-bond donors (Lipinski definition) is 2. The summed E-state index contributed by atoms with van der Waals surface area (Å²) in [5.74, 6) is -0.253. The number of phenolic OH excluding ortho intramolecular Hbond substituents is 1. The molecular weight excluding hydrogens is 218 g/mol. The summed E-state index contributed by atoms with van der Waals surface area (Å²) in [7, 11) is 0. The minimum Gasteiger partial charge on any atom is -0.506 e. The second-order valence-corrected chi connectivity index (χ2v) is 3.50. The van der Waals surface area contributed by atoms with Crippen LogP contribution in [0.5, 0.6) is 5.75 Å². The molecule has 0 saturated carbocycles. The molecule has 0 aliphatic heterocycles. The molecule has 0 radical (unpaired) electrons. The van der Waals surface area contributed by atoms with Crippen molar-refractivity contribution >= 4 is 11.5 Å². The summed E-state index contributed by atoms with van der Waals surface area (Å²) in [5, 5.41) is 20.0.